The molecule has 3 aromatic carbocycles. The first-order valence-electron chi connectivity index (χ1n) is 13.9. The molecule has 0 radical (unpaired) electrons. The van der Waals surface area contributed by atoms with Crippen molar-refractivity contribution in [3.63, 3.8) is 0 Å². The van der Waals surface area contributed by atoms with Gasteiger partial charge in [-0.05, 0) is 68.7 Å². The number of hydrogen-bond acceptors (Lipinski definition) is 5. The second kappa shape index (κ2) is 14.7. The van der Waals surface area contributed by atoms with Gasteiger partial charge >= 0.3 is 0 Å². The summed E-state index contributed by atoms with van der Waals surface area (Å²) in [5.41, 5.74) is 1.32. The van der Waals surface area contributed by atoms with Crippen molar-refractivity contribution in [1.29, 1.82) is 0 Å². The predicted molar refractivity (Wildman–Crippen MR) is 168 cm³/mol. The molecule has 1 N–H and O–H groups in total. The summed E-state index contributed by atoms with van der Waals surface area (Å²) in [7, 11) is -2.24. The molecule has 0 unspecified atom stereocenters. The van der Waals surface area contributed by atoms with Gasteiger partial charge in [-0.15, -0.1) is 0 Å². The Morgan fingerprint density at radius 3 is 2.21 bits per heavy atom. The number of carbonyl (C=O) groups excluding carboxylic acids is 2. The zero-order valence-corrected chi connectivity index (χ0v) is 26.7. The summed E-state index contributed by atoms with van der Waals surface area (Å²) in [4.78, 5) is 29.0. The summed E-state index contributed by atoms with van der Waals surface area (Å²) >= 11 is 6.24. The van der Waals surface area contributed by atoms with Gasteiger partial charge < -0.3 is 15.0 Å². The number of rotatable bonds is 13. The van der Waals surface area contributed by atoms with E-state index < -0.39 is 27.4 Å². The van der Waals surface area contributed by atoms with Crippen LogP contribution in [0.1, 0.15) is 44.7 Å². The van der Waals surface area contributed by atoms with Gasteiger partial charge in [0.15, 0.2) is 0 Å². The third-order valence-electron chi connectivity index (χ3n) is 6.61. The summed E-state index contributed by atoms with van der Waals surface area (Å²) in [5, 5.41) is 3.25. The summed E-state index contributed by atoms with van der Waals surface area (Å²) < 4.78 is 45.4. The molecule has 43 heavy (non-hydrogen) atoms. The molecule has 0 spiro atoms. The van der Waals surface area contributed by atoms with E-state index in [1.54, 1.807) is 24.3 Å². The number of halogens is 2. The van der Waals surface area contributed by atoms with Crippen LogP contribution >= 0.6 is 11.6 Å². The molecule has 0 aliphatic heterocycles. The second-order valence-corrected chi connectivity index (χ2v) is 13.7. The monoisotopic (exact) mass is 631 g/mol. The topological polar surface area (TPSA) is 96.0 Å². The number of amides is 2. The average Bonchev–Trinajstić information content (AvgIpc) is 2.92. The van der Waals surface area contributed by atoms with Gasteiger partial charge in [-0.2, -0.15) is 0 Å². The van der Waals surface area contributed by atoms with Gasteiger partial charge in [0.1, 0.15) is 17.6 Å². The van der Waals surface area contributed by atoms with Gasteiger partial charge in [-0.1, -0.05) is 54.1 Å². The Morgan fingerprint density at radius 2 is 1.65 bits per heavy atom. The van der Waals surface area contributed by atoms with E-state index >= 15 is 0 Å². The highest BCUT2D eigenvalue weighted by atomic mass is 35.5. The smallest absolute Gasteiger partial charge is 0.243 e. The minimum absolute atomic E-state index is 0.00909. The number of hydrogen-bond donors (Lipinski definition) is 1. The predicted octanol–water partition coefficient (Wildman–Crippen LogP) is 5.59. The lowest BCUT2D eigenvalue weighted by Crippen LogP contribution is -2.54. The first-order valence-corrected chi connectivity index (χ1v) is 16.1. The van der Waals surface area contributed by atoms with Crippen LogP contribution in [0.4, 0.5) is 10.1 Å². The van der Waals surface area contributed by atoms with E-state index in [-0.39, 0.29) is 49.2 Å². The Bertz CT molecular complexity index is 1500. The molecule has 1 atom stereocenters. The largest absolute Gasteiger partial charge is 0.495 e. The fourth-order valence-corrected chi connectivity index (χ4v) is 5.82. The standard InChI is InChI=1S/C32H39ClFN3O5S/c1-32(2,3)35-31(39)28(20-23-10-7-6-8-11-23)36(22-24-13-15-25(34)16-14-24)30(38)12-9-19-37(43(5,40)41)26-17-18-29(42-4)27(33)21-26/h6-8,10-11,13-18,21,28H,9,12,19-20,22H2,1-5H3,(H,35,39)/t28-/m0/s1. The fourth-order valence-electron chi connectivity index (χ4n) is 4.61. The Balaban J connectivity index is 1.90. The fraction of sp³-hybridized carbons (Fsp3) is 0.375. The third kappa shape index (κ3) is 10.2. The number of sulfonamides is 1. The third-order valence-corrected chi connectivity index (χ3v) is 8.10. The van der Waals surface area contributed by atoms with Crippen molar-refractivity contribution in [2.24, 2.45) is 0 Å². The van der Waals surface area contributed by atoms with Crippen molar-refractivity contribution >= 4 is 39.1 Å². The molecule has 232 valence electrons. The molecule has 0 bridgehead atoms. The molecule has 0 aromatic heterocycles. The highest BCUT2D eigenvalue weighted by Gasteiger charge is 2.32. The number of nitrogens with one attached hydrogen (secondary N) is 1. The molecule has 8 nitrogen and oxygen atoms in total. The first-order chi connectivity index (χ1) is 20.2. The van der Waals surface area contributed by atoms with Crippen molar-refractivity contribution in [1.82, 2.24) is 10.2 Å². The molecular formula is C32H39ClFN3O5S. The van der Waals surface area contributed by atoms with Crippen LogP contribution in [-0.4, -0.2) is 56.6 Å². The van der Waals surface area contributed by atoms with E-state index in [2.05, 4.69) is 5.32 Å². The van der Waals surface area contributed by atoms with Gasteiger partial charge in [0.05, 0.1) is 24.1 Å². The normalized spacial score (nSPS) is 12.3. The molecule has 0 aliphatic carbocycles. The minimum Gasteiger partial charge on any atom is -0.495 e. The molecule has 0 saturated carbocycles. The van der Waals surface area contributed by atoms with E-state index in [0.29, 0.717) is 17.0 Å². The van der Waals surface area contributed by atoms with Gasteiger partial charge in [0.25, 0.3) is 0 Å². The molecule has 3 rings (SSSR count). The maximum atomic E-state index is 13.9. The van der Waals surface area contributed by atoms with E-state index in [1.165, 1.54) is 34.5 Å². The molecule has 0 aliphatic rings. The molecule has 0 fully saturated rings. The van der Waals surface area contributed by atoms with Crippen molar-refractivity contribution in [2.45, 2.75) is 58.2 Å². The van der Waals surface area contributed by atoms with Crippen LogP contribution < -0.4 is 14.4 Å². The van der Waals surface area contributed by atoms with Crippen LogP contribution in [0.25, 0.3) is 0 Å². The first kappa shape index (κ1) is 33.9. The van der Waals surface area contributed by atoms with Gasteiger partial charge in [0.2, 0.25) is 21.8 Å². The molecule has 2 amide bonds. The zero-order chi connectivity index (χ0) is 31.8. The number of nitrogens with zero attached hydrogens (tertiary/aromatic N) is 2. The Kier molecular flexibility index (Phi) is 11.6. The number of carbonyl (C=O) groups is 2. The van der Waals surface area contributed by atoms with Gasteiger partial charge in [0, 0.05) is 31.5 Å². The lowest BCUT2D eigenvalue weighted by molar-refractivity contribution is -0.142. The van der Waals surface area contributed by atoms with Crippen molar-refractivity contribution in [3.05, 3.63) is 94.8 Å². The van der Waals surface area contributed by atoms with E-state index in [4.69, 9.17) is 16.3 Å². The molecule has 11 heteroatoms. The summed E-state index contributed by atoms with van der Waals surface area (Å²) in [6.45, 7) is 5.67. The minimum atomic E-state index is -3.71. The molecule has 0 saturated heterocycles. The average molecular weight is 632 g/mol. The summed E-state index contributed by atoms with van der Waals surface area (Å²) in [6.07, 6.45) is 1.48. The van der Waals surface area contributed by atoms with E-state index in [1.807, 2.05) is 51.1 Å². The Hall–Kier alpha value is -3.63. The molecular weight excluding hydrogens is 593 g/mol. The van der Waals surface area contributed by atoms with Crippen LogP contribution in [0.5, 0.6) is 5.75 Å². The van der Waals surface area contributed by atoms with E-state index in [0.717, 1.165) is 11.8 Å². The highest BCUT2D eigenvalue weighted by molar-refractivity contribution is 7.92. The maximum Gasteiger partial charge on any atom is 0.243 e. The number of ether oxygens (including phenoxy) is 1. The van der Waals surface area contributed by atoms with Crippen LogP contribution in [0, 0.1) is 5.82 Å². The summed E-state index contributed by atoms with van der Waals surface area (Å²) in [5.74, 6) is -0.663. The second-order valence-electron chi connectivity index (χ2n) is 11.4. The molecule has 0 heterocycles. The quantitative estimate of drug-likeness (QED) is 0.265. The number of methoxy groups -OCH3 is 1. The van der Waals surface area contributed by atoms with E-state index in [9.17, 15) is 22.4 Å². The SMILES string of the molecule is COc1ccc(N(CCCC(=O)N(Cc2ccc(F)cc2)[C@@H](Cc2ccccc2)C(=O)NC(C)(C)C)S(C)(=O)=O)cc1Cl. The Labute approximate surface area is 258 Å². The van der Waals surface area contributed by atoms with Crippen molar-refractivity contribution < 1.29 is 27.1 Å². The lowest BCUT2D eigenvalue weighted by Gasteiger charge is -2.34. The van der Waals surface area contributed by atoms with Crippen molar-refractivity contribution in [2.75, 3.05) is 24.2 Å². The van der Waals surface area contributed by atoms with Crippen LogP contribution in [-0.2, 0) is 32.6 Å². The van der Waals surface area contributed by atoms with Gasteiger partial charge in [-0.25, -0.2) is 12.8 Å². The maximum absolute atomic E-state index is 13.9. The number of anilines is 1. The zero-order valence-electron chi connectivity index (χ0n) is 25.1. The van der Waals surface area contributed by atoms with Crippen LogP contribution in [0.15, 0.2) is 72.8 Å². The van der Waals surface area contributed by atoms with Gasteiger partial charge in [-0.3, -0.25) is 13.9 Å². The van der Waals surface area contributed by atoms with Crippen molar-refractivity contribution in [3.8, 4) is 5.75 Å². The highest BCUT2D eigenvalue weighted by Crippen LogP contribution is 2.30. The van der Waals surface area contributed by atoms with Crippen LogP contribution in [0.2, 0.25) is 5.02 Å². The Morgan fingerprint density at radius 1 is 1.00 bits per heavy atom. The summed E-state index contributed by atoms with van der Waals surface area (Å²) in [6, 6.07) is 19.0. The number of benzene rings is 3. The van der Waals surface area contributed by atoms with Crippen LogP contribution in [0.3, 0.4) is 0 Å². The lowest BCUT2D eigenvalue weighted by atomic mass is 10.00. The molecule has 3 aromatic rings.